The monoisotopic (exact) mass is 800 g/mol. The molecule has 254 valence electrons. The van der Waals surface area contributed by atoms with Crippen LogP contribution in [0.5, 0.6) is 11.5 Å². The number of benzene rings is 6. The summed E-state index contributed by atoms with van der Waals surface area (Å²) in [5.74, 6) is 0.540. The van der Waals surface area contributed by atoms with Gasteiger partial charge in [-0.25, -0.2) is 0 Å². The lowest BCUT2D eigenvalue weighted by Gasteiger charge is -2.34. The van der Waals surface area contributed by atoms with E-state index in [1.807, 2.05) is 50.2 Å². The fourth-order valence-corrected chi connectivity index (χ4v) is 7.67. The summed E-state index contributed by atoms with van der Waals surface area (Å²) in [6, 6.07) is 43.9. The molecule has 0 radical (unpaired) electrons. The molecule has 0 fully saturated rings. The van der Waals surface area contributed by atoms with E-state index in [-0.39, 0.29) is 11.8 Å². The number of amides is 2. The van der Waals surface area contributed by atoms with Crippen molar-refractivity contribution in [1.29, 1.82) is 0 Å². The number of rotatable bonds is 10. The van der Waals surface area contributed by atoms with Gasteiger partial charge in [0.1, 0.15) is 11.5 Å². The van der Waals surface area contributed by atoms with Gasteiger partial charge >= 0.3 is 0 Å². The van der Waals surface area contributed by atoms with E-state index in [9.17, 15) is 9.59 Å². The zero-order valence-corrected chi connectivity index (χ0v) is 31.2. The Morgan fingerprint density at radius 1 is 0.549 bits per heavy atom. The smallest absolute Gasteiger partial charge is 0.259 e. The minimum Gasteiger partial charge on any atom is -0.493 e. The Balaban J connectivity index is 1.26. The Labute approximate surface area is 314 Å². The maximum atomic E-state index is 13.4. The van der Waals surface area contributed by atoms with Gasteiger partial charge < -0.3 is 20.1 Å². The number of halogens is 2. The van der Waals surface area contributed by atoms with Crippen molar-refractivity contribution in [3.63, 3.8) is 0 Å². The summed E-state index contributed by atoms with van der Waals surface area (Å²) in [6.07, 6.45) is 0. The molecule has 6 aromatic carbocycles. The van der Waals surface area contributed by atoms with Gasteiger partial charge in [0.05, 0.1) is 29.8 Å². The van der Waals surface area contributed by atoms with Crippen LogP contribution in [0.25, 0.3) is 11.1 Å². The molecule has 1 aliphatic carbocycles. The second-order valence-electron chi connectivity index (χ2n) is 12.1. The second-order valence-corrected chi connectivity index (χ2v) is 13.9. The lowest BCUT2D eigenvalue weighted by molar-refractivity contribution is 0.101. The maximum absolute atomic E-state index is 13.4. The molecule has 1 aliphatic rings. The minimum absolute atomic E-state index is 0.257. The predicted octanol–water partition coefficient (Wildman–Crippen LogP) is 10.9. The molecule has 0 saturated heterocycles. The topological polar surface area (TPSA) is 76.7 Å². The lowest BCUT2D eigenvalue weighted by atomic mass is 9.67. The van der Waals surface area contributed by atoms with Crippen LogP contribution in [0.15, 0.2) is 142 Å². The number of carbonyl (C=O) groups excluding carboxylic acids is 2. The molecular weight excluding hydrogens is 768 g/mol. The van der Waals surface area contributed by atoms with Crippen molar-refractivity contribution in [2.45, 2.75) is 19.3 Å². The molecule has 0 atom stereocenters. The van der Waals surface area contributed by atoms with Gasteiger partial charge in [0.25, 0.3) is 11.8 Å². The first-order valence-corrected chi connectivity index (χ1v) is 18.3. The lowest BCUT2D eigenvalue weighted by Crippen LogP contribution is -2.28. The van der Waals surface area contributed by atoms with Crippen LogP contribution < -0.4 is 20.1 Å². The van der Waals surface area contributed by atoms with Crippen LogP contribution in [0.2, 0.25) is 0 Å². The average molecular weight is 803 g/mol. The second kappa shape index (κ2) is 14.6. The van der Waals surface area contributed by atoms with E-state index >= 15 is 0 Å². The van der Waals surface area contributed by atoms with Gasteiger partial charge in [0.15, 0.2) is 0 Å². The fourth-order valence-electron chi connectivity index (χ4n) is 6.95. The van der Waals surface area contributed by atoms with Gasteiger partial charge in [-0.2, -0.15) is 0 Å². The summed E-state index contributed by atoms with van der Waals surface area (Å²) in [5, 5.41) is 6.11. The number of ether oxygens (including phenoxy) is 2. The van der Waals surface area contributed by atoms with Crippen molar-refractivity contribution in [2.75, 3.05) is 23.8 Å². The highest BCUT2D eigenvalue weighted by atomic mass is 79.9. The quantitative estimate of drug-likeness (QED) is 0.144. The number of hydrogen-bond donors (Lipinski definition) is 2. The van der Waals surface area contributed by atoms with E-state index in [0.717, 1.165) is 31.2 Å². The highest BCUT2D eigenvalue weighted by Gasteiger charge is 2.45. The Bertz CT molecular complexity index is 2090. The molecule has 0 aliphatic heterocycles. The van der Waals surface area contributed by atoms with Gasteiger partial charge in [-0.15, -0.1) is 0 Å². The van der Waals surface area contributed by atoms with E-state index in [2.05, 4.69) is 115 Å². The van der Waals surface area contributed by atoms with Gasteiger partial charge in [0.2, 0.25) is 0 Å². The SMILES string of the molecule is CCOc1ccc(Br)cc1C(=O)Nc1ccc(C2(c3ccc(NC(=O)c4cc(Br)ccc4OCC)cc3)c3ccccc3-c3ccccc32)cc1. The Hall–Kier alpha value is -5.18. The van der Waals surface area contributed by atoms with Gasteiger partial charge in [-0.1, -0.05) is 105 Å². The molecule has 8 heteroatoms. The maximum Gasteiger partial charge on any atom is 0.259 e. The molecule has 6 nitrogen and oxygen atoms in total. The van der Waals surface area contributed by atoms with E-state index in [0.29, 0.717) is 47.2 Å². The van der Waals surface area contributed by atoms with E-state index in [4.69, 9.17) is 9.47 Å². The van der Waals surface area contributed by atoms with Crippen molar-refractivity contribution in [3.05, 3.63) is 176 Å². The van der Waals surface area contributed by atoms with Crippen molar-refractivity contribution in [1.82, 2.24) is 0 Å². The molecule has 0 saturated carbocycles. The summed E-state index contributed by atoms with van der Waals surface area (Å²) >= 11 is 6.96. The molecule has 0 aromatic heterocycles. The van der Waals surface area contributed by atoms with E-state index < -0.39 is 5.41 Å². The van der Waals surface area contributed by atoms with Crippen LogP contribution in [0.1, 0.15) is 56.8 Å². The predicted molar refractivity (Wildman–Crippen MR) is 210 cm³/mol. The molecule has 6 aromatic rings. The molecule has 2 N–H and O–H groups in total. The molecule has 51 heavy (non-hydrogen) atoms. The Kier molecular flexibility index (Phi) is 9.80. The van der Waals surface area contributed by atoms with Crippen LogP contribution in [0.3, 0.4) is 0 Å². The van der Waals surface area contributed by atoms with Crippen molar-refractivity contribution in [3.8, 4) is 22.6 Å². The number of fused-ring (bicyclic) bond motifs is 3. The number of nitrogens with one attached hydrogen (secondary N) is 2. The van der Waals surface area contributed by atoms with Crippen LogP contribution >= 0.6 is 31.9 Å². The first-order valence-electron chi connectivity index (χ1n) is 16.7. The Morgan fingerprint density at radius 3 is 1.33 bits per heavy atom. The van der Waals surface area contributed by atoms with E-state index in [1.54, 1.807) is 24.3 Å². The number of hydrogen-bond acceptors (Lipinski definition) is 4. The number of carbonyl (C=O) groups is 2. The molecular formula is C43H34Br2N2O4. The van der Waals surface area contributed by atoms with E-state index in [1.165, 1.54) is 11.1 Å². The molecule has 7 rings (SSSR count). The summed E-state index contributed by atoms with van der Waals surface area (Å²) in [4.78, 5) is 26.9. The van der Waals surface area contributed by atoms with Crippen LogP contribution in [-0.2, 0) is 5.41 Å². The standard InChI is InChI=1S/C43H34Br2N2O4/c1-3-50-39-23-17-29(44)25-35(39)41(48)46-31-19-13-27(14-20-31)43(37-11-7-5-9-33(37)34-10-6-8-12-38(34)43)28-15-21-32(22-16-28)47-42(49)36-26-30(45)18-24-40(36)51-4-2/h5-26H,3-4H2,1-2H3,(H,46,48)(H,47,49). The van der Waals surface area contributed by atoms with Crippen molar-refractivity contribution in [2.24, 2.45) is 0 Å². The highest BCUT2D eigenvalue weighted by Crippen LogP contribution is 2.56. The minimum atomic E-state index is -0.656. The number of anilines is 2. The van der Waals surface area contributed by atoms with Gasteiger partial charge in [-0.05, 0) is 108 Å². The Morgan fingerprint density at radius 2 is 0.941 bits per heavy atom. The van der Waals surface area contributed by atoms with Crippen LogP contribution in [-0.4, -0.2) is 25.0 Å². The third-order valence-corrected chi connectivity index (χ3v) is 10.1. The molecule has 2 amide bonds. The molecule has 0 heterocycles. The van der Waals surface area contributed by atoms with Crippen LogP contribution in [0, 0.1) is 0 Å². The zero-order chi connectivity index (χ0) is 35.5. The van der Waals surface area contributed by atoms with Crippen LogP contribution in [0.4, 0.5) is 11.4 Å². The van der Waals surface area contributed by atoms with Gasteiger partial charge in [0, 0.05) is 20.3 Å². The fraction of sp³-hybridized carbons (Fsp3) is 0.116. The molecule has 0 bridgehead atoms. The molecule has 0 spiro atoms. The normalized spacial score (nSPS) is 12.4. The van der Waals surface area contributed by atoms with Gasteiger partial charge in [-0.3, -0.25) is 9.59 Å². The summed E-state index contributed by atoms with van der Waals surface area (Å²) in [7, 11) is 0. The highest BCUT2D eigenvalue weighted by molar-refractivity contribution is 9.10. The zero-order valence-electron chi connectivity index (χ0n) is 28.0. The third-order valence-electron chi connectivity index (χ3n) is 9.08. The largest absolute Gasteiger partial charge is 0.493 e. The first-order chi connectivity index (χ1) is 24.8. The third kappa shape index (κ3) is 6.46. The first kappa shape index (κ1) is 34.3. The van der Waals surface area contributed by atoms with Crippen molar-refractivity contribution < 1.29 is 19.1 Å². The van der Waals surface area contributed by atoms with Crippen molar-refractivity contribution >= 4 is 55.0 Å². The summed E-state index contributed by atoms with van der Waals surface area (Å²) in [6.45, 7) is 4.69. The molecule has 0 unspecified atom stereocenters. The summed E-state index contributed by atoms with van der Waals surface area (Å²) in [5.41, 5.74) is 8.31. The average Bonchev–Trinajstić information content (AvgIpc) is 3.45. The summed E-state index contributed by atoms with van der Waals surface area (Å²) < 4.78 is 13.0.